The SMILES string of the molecule is CCCCN(C)C(=O)c1nc2c3c4c(sc3nc(C)n2n1)CC[C@@H](C)C4. The highest BCUT2D eigenvalue weighted by atomic mass is 32.1. The molecule has 3 aromatic heterocycles. The Morgan fingerprint density at radius 3 is 2.96 bits per heavy atom. The minimum Gasteiger partial charge on any atom is -0.339 e. The van der Waals surface area contributed by atoms with Gasteiger partial charge in [0.2, 0.25) is 5.82 Å². The fraction of sp³-hybridized carbons (Fsp3) is 0.579. The third kappa shape index (κ3) is 2.78. The van der Waals surface area contributed by atoms with Crippen molar-refractivity contribution in [2.45, 2.75) is 52.9 Å². The second kappa shape index (κ2) is 6.61. The van der Waals surface area contributed by atoms with Crippen LogP contribution < -0.4 is 0 Å². The number of aromatic nitrogens is 4. The summed E-state index contributed by atoms with van der Waals surface area (Å²) in [6, 6.07) is 0. The summed E-state index contributed by atoms with van der Waals surface area (Å²) in [7, 11) is 1.82. The van der Waals surface area contributed by atoms with E-state index in [1.165, 1.54) is 16.9 Å². The van der Waals surface area contributed by atoms with E-state index in [0.717, 1.165) is 53.9 Å². The van der Waals surface area contributed by atoms with Crippen LogP contribution in [0.5, 0.6) is 0 Å². The molecule has 3 heterocycles. The number of hydrogen-bond donors (Lipinski definition) is 0. The molecule has 6 nitrogen and oxygen atoms in total. The van der Waals surface area contributed by atoms with E-state index in [-0.39, 0.29) is 11.7 Å². The Balaban J connectivity index is 1.84. The highest BCUT2D eigenvalue weighted by Crippen LogP contribution is 2.39. The Hall–Kier alpha value is -2.02. The van der Waals surface area contributed by atoms with E-state index in [4.69, 9.17) is 4.98 Å². The summed E-state index contributed by atoms with van der Waals surface area (Å²) in [6.07, 6.45) is 5.44. The van der Waals surface area contributed by atoms with Crippen LogP contribution in [-0.4, -0.2) is 44.0 Å². The first-order valence-electron chi connectivity index (χ1n) is 9.42. The molecule has 0 spiro atoms. The summed E-state index contributed by atoms with van der Waals surface area (Å²) >= 11 is 1.78. The number of carbonyl (C=O) groups is 1. The van der Waals surface area contributed by atoms with Crippen molar-refractivity contribution in [2.75, 3.05) is 13.6 Å². The van der Waals surface area contributed by atoms with Gasteiger partial charge in [-0.15, -0.1) is 16.4 Å². The molecule has 0 radical (unpaired) electrons. The van der Waals surface area contributed by atoms with Gasteiger partial charge in [0.1, 0.15) is 10.7 Å². The summed E-state index contributed by atoms with van der Waals surface area (Å²) in [5.41, 5.74) is 2.15. The molecule has 0 fully saturated rings. The third-order valence-corrected chi connectivity index (χ3v) is 6.46. The van der Waals surface area contributed by atoms with E-state index in [1.807, 2.05) is 14.0 Å². The monoisotopic (exact) mass is 371 g/mol. The first-order valence-corrected chi connectivity index (χ1v) is 10.2. The van der Waals surface area contributed by atoms with Crippen molar-refractivity contribution < 1.29 is 4.79 Å². The Kier molecular flexibility index (Phi) is 4.42. The van der Waals surface area contributed by atoms with E-state index in [2.05, 4.69) is 23.9 Å². The molecule has 3 aromatic rings. The van der Waals surface area contributed by atoms with E-state index >= 15 is 0 Å². The summed E-state index contributed by atoms with van der Waals surface area (Å²) in [6.45, 7) is 7.07. The number of rotatable bonds is 4. The maximum absolute atomic E-state index is 12.7. The topological polar surface area (TPSA) is 63.4 Å². The predicted molar refractivity (Wildman–Crippen MR) is 104 cm³/mol. The normalized spacial score (nSPS) is 17.0. The van der Waals surface area contributed by atoms with Crippen LogP contribution in [0.25, 0.3) is 15.9 Å². The highest BCUT2D eigenvalue weighted by molar-refractivity contribution is 7.19. The molecule has 0 unspecified atom stereocenters. The predicted octanol–water partition coefficient (Wildman–Crippen LogP) is 3.64. The molecule has 26 heavy (non-hydrogen) atoms. The zero-order valence-corrected chi connectivity index (χ0v) is 16.7. The van der Waals surface area contributed by atoms with Crippen molar-refractivity contribution in [2.24, 2.45) is 5.92 Å². The van der Waals surface area contributed by atoms with Gasteiger partial charge in [-0.1, -0.05) is 20.3 Å². The molecule has 0 saturated carbocycles. The highest BCUT2D eigenvalue weighted by Gasteiger charge is 2.26. The number of nitrogens with zero attached hydrogens (tertiary/aromatic N) is 5. The number of carbonyl (C=O) groups excluding carboxylic acids is 1. The van der Waals surface area contributed by atoms with Crippen molar-refractivity contribution in [1.82, 2.24) is 24.5 Å². The standard InChI is InChI=1S/C19H25N5OS/c1-5-6-9-23(4)19(25)16-21-17-15-13-10-11(2)7-8-14(13)26-18(15)20-12(3)24(17)22-16/h11H,5-10H2,1-4H3/t11-/m1/s1. The van der Waals surface area contributed by atoms with Crippen molar-refractivity contribution in [3.63, 3.8) is 0 Å². The van der Waals surface area contributed by atoms with Crippen LogP contribution in [-0.2, 0) is 12.8 Å². The summed E-state index contributed by atoms with van der Waals surface area (Å²) in [5.74, 6) is 1.60. The van der Waals surface area contributed by atoms with Crippen molar-refractivity contribution >= 4 is 33.1 Å². The summed E-state index contributed by atoms with van der Waals surface area (Å²) < 4.78 is 1.75. The van der Waals surface area contributed by atoms with E-state index < -0.39 is 0 Å². The van der Waals surface area contributed by atoms with Gasteiger partial charge in [-0.3, -0.25) is 4.79 Å². The molecular weight excluding hydrogens is 346 g/mol. The number of amides is 1. The lowest BCUT2D eigenvalue weighted by molar-refractivity contribution is 0.0781. The largest absolute Gasteiger partial charge is 0.339 e. The van der Waals surface area contributed by atoms with Gasteiger partial charge >= 0.3 is 0 Å². The maximum atomic E-state index is 12.7. The maximum Gasteiger partial charge on any atom is 0.293 e. The van der Waals surface area contributed by atoms with Crippen molar-refractivity contribution in [3.8, 4) is 0 Å². The molecule has 0 N–H and O–H groups in total. The van der Waals surface area contributed by atoms with Crippen LogP contribution in [0.15, 0.2) is 0 Å². The molecule has 7 heteroatoms. The lowest BCUT2D eigenvalue weighted by Gasteiger charge is -2.17. The fourth-order valence-corrected chi connectivity index (χ4v) is 4.96. The van der Waals surface area contributed by atoms with E-state index in [1.54, 1.807) is 20.8 Å². The van der Waals surface area contributed by atoms with Crippen LogP contribution in [0.3, 0.4) is 0 Å². The first-order chi connectivity index (χ1) is 12.5. The lowest BCUT2D eigenvalue weighted by Crippen LogP contribution is -2.28. The van der Waals surface area contributed by atoms with E-state index in [9.17, 15) is 4.79 Å². The molecule has 0 aliphatic heterocycles. The van der Waals surface area contributed by atoms with Gasteiger partial charge in [-0.2, -0.15) is 4.52 Å². The molecule has 1 aliphatic rings. The van der Waals surface area contributed by atoms with Crippen molar-refractivity contribution in [1.29, 1.82) is 0 Å². The Morgan fingerprint density at radius 2 is 2.19 bits per heavy atom. The molecule has 1 amide bonds. The lowest BCUT2D eigenvalue weighted by atomic mass is 9.89. The van der Waals surface area contributed by atoms with Gasteiger partial charge in [0.15, 0.2) is 5.65 Å². The Labute approximate surface area is 157 Å². The second-order valence-electron chi connectivity index (χ2n) is 7.44. The van der Waals surface area contributed by atoms with Gasteiger partial charge in [0.25, 0.3) is 5.91 Å². The number of fused-ring (bicyclic) bond motifs is 5. The Bertz CT molecular complexity index is 989. The zero-order chi connectivity index (χ0) is 18.4. The quantitative estimate of drug-likeness (QED) is 0.702. The molecule has 138 valence electrons. The summed E-state index contributed by atoms with van der Waals surface area (Å²) in [4.78, 5) is 26.3. The Morgan fingerprint density at radius 1 is 1.38 bits per heavy atom. The van der Waals surface area contributed by atoms with Gasteiger partial charge in [-0.25, -0.2) is 9.97 Å². The van der Waals surface area contributed by atoms with Gasteiger partial charge in [0, 0.05) is 18.5 Å². The molecular formula is C19H25N5OS. The number of unbranched alkanes of at least 4 members (excludes halogenated alkanes) is 1. The van der Waals surface area contributed by atoms with Gasteiger partial charge < -0.3 is 4.90 Å². The van der Waals surface area contributed by atoms with Crippen LogP contribution >= 0.6 is 11.3 Å². The first kappa shape index (κ1) is 17.4. The van der Waals surface area contributed by atoms with Crippen LogP contribution in [0.1, 0.15) is 60.0 Å². The van der Waals surface area contributed by atoms with E-state index in [0.29, 0.717) is 5.92 Å². The molecule has 0 aromatic carbocycles. The van der Waals surface area contributed by atoms with Crippen LogP contribution in [0.4, 0.5) is 0 Å². The minimum atomic E-state index is -0.118. The van der Waals surface area contributed by atoms with Gasteiger partial charge in [-0.05, 0) is 44.1 Å². The molecule has 1 aliphatic carbocycles. The average Bonchev–Trinajstić information content (AvgIpc) is 3.20. The van der Waals surface area contributed by atoms with Gasteiger partial charge in [0.05, 0.1) is 5.39 Å². The van der Waals surface area contributed by atoms with Crippen molar-refractivity contribution in [3.05, 3.63) is 22.1 Å². The molecule has 0 saturated heterocycles. The smallest absolute Gasteiger partial charge is 0.293 e. The average molecular weight is 372 g/mol. The number of aryl methyl sites for hydroxylation is 2. The van der Waals surface area contributed by atoms with Crippen LogP contribution in [0.2, 0.25) is 0 Å². The molecule has 0 bridgehead atoms. The minimum absolute atomic E-state index is 0.118. The zero-order valence-electron chi connectivity index (χ0n) is 15.9. The summed E-state index contributed by atoms with van der Waals surface area (Å²) in [5, 5.41) is 5.60. The number of hydrogen-bond acceptors (Lipinski definition) is 5. The third-order valence-electron chi connectivity index (χ3n) is 5.27. The van der Waals surface area contributed by atoms with Crippen LogP contribution in [0, 0.1) is 12.8 Å². The molecule has 1 atom stereocenters. The molecule has 4 rings (SSSR count). The fourth-order valence-electron chi connectivity index (χ4n) is 3.70. The number of thiophene rings is 1. The second-order valence-corrected chi connectivity index (χ2v) is 8.53.